The van der Waals surface area contributed by atoms with E-state index >= 15 is 0 Å². The second kappa shape index (κ2) is 7.39. The molecule has 1 aromatic carbocycles. The van der Waals surface area contributed by atoms with Gasteiger partial charge in [0.25, 0.3) is 0 Å². The van der Waals surface area contributed by atoms with Crippen molar-refractivity contribution in [2.45, 2.75) is 19.3 Å². The van der Waals surface area contributed by atoms with Crippen LogP contribution in [-0.2, 0) is 5.41 Å². The Morgan fingerprint density at radius 3 is 2.72 bits per heavy atom. The third-order valence-corrected chi connectivity index (χ3v) is 5.37. The van der Waals surface area contributed by atoms with E-state index in [1.807, 2.05) is 17.6 Å². The van der Waals surface area contributed by atoms with Gasteiger partial charge in [0, 0.05) is 43.2 Å². The summed E-state index contributed by atoms with van der Waals surface area (Å²) in [5, 5.41) is 3.05. The standard InChI is InChI=1S/C18H24FN5S/c1-18(2,14-4-3-5-15(19)12-14)13-22-16(20)23-7-9-24(10-8-23)17-21-6-11-25-17/h3-6,11-12H,7-10,13H2,1-2H3,(H2,20,22). The molecule has 1 saturated heterocycles. The van der Waals surface area contributed by atoms with Gasteiger partial charge in [0.1, 0.15) is 5.82 Å². The van der Waals surface area contributed by atoms with Crippen LogP contribution in [0.15, 0.2) is 40.8 Å². The lowest BCUT2D eigenvalue weighted by molar-refractivity contribution is 0.378. The summed E-state index contributed by atoms with van der Waals surface area (Å²) in [5.74, 6) is 0.337. The number of hydrogen-bond donors (Lipinski definition) is 1. The highest BCUT2D eigenvalue weighted by molar-refractivity contribution is 7.13. The summed E-state index contributed by atoms with van der Waals surface area (Å²) in [6.07, 6.45) is 1.83. The summed E-state index contributed by atoms with van der Waals surface area (Å²) < 4.78 is 13.5. The van der Waals surface area contributed by atoms with Crippen molar-refractivity contribution >= 4 is 22.4 Å². The molecule has 3 rings (SSSR count). The fourth-order valence-electron chi connectivity index (χ4n) is 2.88. The molecule has 0 spiro atoms. The van der Waals surface area contributed by atoms with E-state index in [1.165, 1.54) is 6.07 Å². The van der Waals surface area contributed by atoms with Crippen molar-refractivity contribution in [1.82, 2.24) is 9.88 Å². The molecule has 0 unspecified atom stereocenters. The van der Waals surface area contributed by atoms with E-state index in [1.54, 1.807) is 23.5 Å². The van der Waals surface area contributed by atoms with E-state index in [9.17, 15) is 4.39 Å². The Bertz CT molecular complexity index is 721. The van der Waals surface area contributed by atoms with Crippen molar-refractivity contribution in [2.24, 2.45) is 10.7 Å². The summed E-state index contributed by atoms with van der Waals surface area (Å²) in [6, 6.07) is 6.69. The number of halogens is 1. The molecule has 1 fully saturated rings. The quantitative estimate of drug-likeness (QED) is 0.672. The maximum atomic E-state index is 13.5. The van der Waals surface area contributed by atoms with E-state index < -0.39 is 0 Å². The largest absolute Gasteiger partial charge is 0.370 e. The molecule has 0 radical (unpaired) electrons. The van der Waals surface area contributed by atoms with Crippen LogP contribution in [0, 0.1) is 5.82 Å². The van der Waals surface area contributed by atoms with Gasteiger partial charge in [-0.3, -0.25) is 4.99 Å². The molecule has 1 aromatic heterocycles. The van der Waals surface area contributed by atoms with Gasteiger partial charge in [-0.15, -0.1) is 11.3 Å². The van der Waals surface area contributed by atoms with E-state index in [2.05, 4.69) is 33.6 Å². The van der Waals surface area contributed by atoms with Crippen LogP contribution in [0.4, 0.5) is 9.52 Å². The SMILES string of the molecule is CC(C)(CN=C(N)N1CCN(c2nccs2)CC1)c1cccc(F)c1. The number of nitrogens with two attached hydrogens (primary N) is 1. The van der Waals surface area contributed by atoms with Gasteiger partial charge in [-0.05, 0) is 17.7 Å². The van der Waals surface area contributed by atoms with Crippen LogP contribution in [0.1, 0.15) is 19.4 Å². The van der Waals surface area contributed by atoms with Gasteiger partial charge >= 0.3 is 0 Å². The van der Waals surface area contributed by atoms with Gasteiger partial charge in [0.15, 0.2) is 11.1 Å². The Labute approximate surface area is 152 Å². The number of piperazine rings is 1. The van der Waals surface area contributed by atoms with E-state index in [-0.39, 0.29) is 11.2 Å². The zero-order chi connectivity index (χ0) is 17.9. The molecule has 25 heavy (non-hydrogen) atoms. The maximum absolute atomic E-state index is 13.5. The summed E-state index contributed by atoms with van der Waals surface area (Å²) in [5.41, 5.74) is 6.86. The first kappa shape index (κ1) is 17.7. The third kappa shape index (κ3) is 4.28. The number of rotatable bonds is 4. The van der Waals surface area contributed by atoms with Crippen molar-refractivity contribution in [2.75, 3.05) is 37.6 Å². The molecule has 2 N–H and O–H groups in total. The number of hydrogen-bond acceptors (Lipinski definition) is 4. The summed E-state index contributed by atoms with van der Waals surface area (Å²) >= 11 is 1.66. The second-order valence-electron chi connectivity index (χ2n) is 6.86. The van der Waals surface area contributed by atoms with Gasteiger partial charge in [0.05, 0.1) is 6.54 Å². The predicted octanol–water partition coefficient (Wildman–Crippen LogP) is 2.70. The van der Waals surface area contributed by atoms with Gasteiger partial charge in [-0.25, -0.2) is 9.37 Å². The minimum atomic E-state index is -0.268. The molecule has 134 valence electrons. The molecule has 0 aliphatic carbocycles. The third-order valence-electron chi connectivity index (χ3n) is 4.54. The molecular weight excluding hydrogens is 337 g/mol. The van der Waals surface area contributed by atoms with Crippen LogP contribution >= 0.6 is 11.3 Å². The number of aliphatic imine (C=N–C) groups is 1. The van der Waals surface area contributed by atoms with Crippen LogP contribution in [-0.4, -0.2) is 48.6 Å². The Morgan fingerprint density at radius 1 is 1.32 bits per heavy atom. The number of nitrogens with zero attached hydrogens (tertiary/aromatic N) is 4. The molecule has 1 aliphatic heterocycles. The van der Waals surface area contributed by atoms with Crippen LogP contribution in [0.3, 0.4) is 0 Å². The van der Waals surface area contributed by atoms with E-state index in [4.69, 9.17) is 5.73 Å². The lowest BCUT2D eigenvalue weighted by atomic mass is 9.85. The first-order valence-corrected chi connectivity index (χ1v) is 9.29. The van der Waals surface area contributed by atoms with E-state index in [0.717, 1.165) is 36.9 Å². The average Bonchev–Trinajstić information content (AvgIpc) is 3.14. The summed E-state index contributed by atoms with van der Waals surface area (Å²) in [6.45, 7) is 8.06. The van der Waals surface area contributed by atoms with Crippen molar-refractivity contribution in [1.29, 1.82) is 0 Å². The zero-order valence-corrected chi connectivity index (χ0v) is 15.5. The molecular formula is C18H24FN5S. The molecule has 0 atom stereocenters. The topological polar surface area (TPSA) is 57.8 Å². The van der Waals surface area contributed by atoms with Crippen molar-refractivity contribution in [3.05, 3.63) is 47.2 Å². The molecule has 0 amide bonds. The molecule has 5 nitrogen and oxygen atoms in total. The first-order chi connectivity index (χ1) is 12.0. The van der Waals surface area contributed by atoms with Crippen LogP contribution in [0.25, 0.3) is 0 Å². The number of thiazole rings is 1. The monoisotopic (exact) mass is 361 g/mol. The number of guanidine groups is 1. The lowest BCUT2D eigenvalue weighted by Gasteiger charge is -2.35. The molecule has 0 bridgehead atoms. The smallest absolute Gasteiger partial charge is 0.191 e. The lowest BCUT2D eigenvalue weighted by Crippen LogP contribution is -2.51. The van der Waals surface area contributed by atoms with Crippen LogP contribution in [0.5, 0.6) is 0 Å². The predicted molar refractivity (Wildman–Crippen MR) is 102 cm³/mol. The fourth-order valence-corrected chi connectivity index (χ4v) is 3.58. The fraction of sp³-hybridized carbons (Fsp3) is 0.444. The maximum Gasteiger partial charge on any atom is 0.191 e. The number of aromatic nitrogens is 1. The minimum Gasteiger partial charge on any atom is -0.370 e. The molecule has 0 saturated carbocycles. The van der Waals surface area contributed by atoms with Crippen molar-refractivity contribution in [3.63, 3.8) is 0 Å². The Balaban J connectivity index is 1.58. The zero-order valence-electron chi connectivity index (χ0n) is 14.7. The van der Waals surface area contributed by atoms with Gasteiger partial charge in [0.2, 0.25) is 0 Å². The number of benzene rings is 1. The highest BCUT2D eigenvalue weighted by Crippen LogP contribution is 2.24. The Hall–Kier alpha value is -2.15. The van der Waals surface area contributed by atoms with Gasteiger partial charge in [-0.2, -0.15) is 0 Å². The molecule has 7 heteroatoms. The number of anilines is 1. The highest BCUT2D eigenvalue weighted by Gasteiger charge is 2.23. The van der Waals surface area contributed by atoms with Crippen LogP contribution in [0.2, 0.25) is 0 Å². The average molecular weight is 361 g/mol. The second-order valence-corrected chi connectivity index (χ2v) is 7.73. The minimum absolute atomic E-state index is 0.221. The normalized spacial score (nSPS) is 16.4. The van der Waals surface area contributed by atoms with Crippen LogP contribution < -0.4 is 10.6 Å². The molecule has 2 heterocycles. The Morgan fingerprint density at radius 2 is 2.08 bits per heavy atom. The van der Waals surface area contributed by atoms with Gasteiger partial charge in [-0.1, -0.05) is 26.0 Å². The molecule has 1 aliphatic rings. The van der Waals surface area contributed by atoms with Crippen molar-refractivity contribution < 1.29 is 4.39 Å². The van der Waals surface area contributed by atoms with E-state index in [0.29, 0.717) is 12.5 Å². The summed E-state index contributed by atoms with van der Waals surface area (Å²) in [4.78, 5) is 13.3. The first-order valence-electron chi connectivity index (χ1n) is 8.41. The summed E-state index contributed by atoms with van der Waals surface area (Å²) in [7, 11) is 0. The highest BCUT2D eigenvalue weighted by atomic mass is 32.1. The van der Waals surface area contributed by atoms with Crippen molar-refractivity contribution in [3.8, 4) is 0 Å². The molecule has 2 aromatic rings. The Kier molecular flexibility index (Phi) is 5.22. The van der Waals surface area contributed by atoms with Gasteiger partial charge < -0.3 is 15.5 Å².